The van der Waals surface area contributed by atoms with Crippen LogP contribution in [0, 0.1) is 11.8 Å². The Labute approximate surface area is 173 Å². The first-order valence-corrected chi connectivity index (χ1v) is 10.5. The van der Waals surface area contributed by atoms with Crippen LogP contribution in [-0.4, -0.2) is 45.7 Å². The van der Waals surface area contributed by atoms with E-state index in [9.17, 15) is 14.7 Å². The molecule has 2 unspecified atom stereocenters. The molecule has 1 aromatic carbocycles. The van der Waals surface area contributed by atoms with Gasteiger partial charge in [0.25, 0.3) is 0 Å². The number of benzene rings is 1. The molecule has 1 fully saturated rings. The zero-order valence-electron chi connectivity index (χ0n) is 16.9. The molecule has 5 nitrogen and oxygen atoms in total. The predicted octanol–water partition coefficient (Wildman–Crippen LogP) is 3.76. The summed E-state index contributed by atoms with van der Waals surface area (Å²) < 4.78 is 0. The summed E-state index contributed by atoms with van der Waals surface area (Å²) in [5.74, 6) is 5.57. The number of hydrogen-bond acceptors (Lipinski definition) is 3. The van der Waals surface area contributed by atoms with Gasteiger partial charge in [-0.15, -0.1) is 0 Å². The van der Waals surface area contributed by atoms with Crippen molar-refractivity contribution >= 4 is 11.9 Å². The molecule has 1 heterocycles. The lowest BCUT2D eigenvalue weighted by Gasteiger charge is -2.22. The summed E-state index contributed by atoms with van der Waals surface area (Å²) >= 11 is 0. The summed E-state index contributed by atoms with van der Waals surface area (Å²) in [5.41, 5.74) is 0.973. The third kappa shape index (κ3) is 8.97. The summed E-state index contributed by atoms with van der Waals surface area (Å²) in [5, 5.41) is 18.8. The van der Waals surface area contributed by atoms with Gasteiger partial charge in [-0.3, -0.25) is 9.59 Å². The second kappa shape index (κ2) is 12.8. The van der Waals surface area contributed by atoms with Crippen LogP contribution in [0.5, 0.6) is 0 Å². The van der Waals surface area contributed by atoms with Crippen LogP contribution in [0.3, 0.4) is 0 Å². The van der Waals surface area contributed by atoms with Crippen molar-refractivity contribution in [3.8, 4) is 11.8 Å². The van der Waals surface area contributed by atoms with Gasteiger partial charge in [0.2, 0.25) is 5.91 Å². The third-order valence-corrected chi connectivity index (χ3v) is 5.04. The molecule has 2 atom stereocenters. The van der Waals surface area contributed by atoms with E-state index in [1.54, 1.807) is 6.08 Å². The van der Waals surface area contributed by atoms with Crippen LogP contribution < -0.4 is 0 Å². The molecule has 0 bridgehead atoms. The van der Waals surface area contributed by atoms with Gasteiger partial charge >= 0.3 is 5.97 Å². The van der Waals surface area contributed by atoms with Crippen molar-refractivity contribution in [2.24, 2.45) is 0 Å². The molecule has 0 saturated carbocycles. The smallest absolute Gasteiger partial charge is 0.303 e. The van der Waals surface area contributed by atoms with Crippen LogP contribution in [0.4, 0.5) is 0 Å². The number of unbranched alkanes of at least 4 members (excludes halogenated alkanes) is 3. The van der Waals surface area contributed by atoms with E-state index in [0.29, 0.717) is 32.2 Å². The number of carbonyl (C=O) groups excluding carboxylic acids is 1. The normalized spacial score (nSPS) is 17.3. The Kier molecular flexibility index (Phi) is 10.0. The zero-order valence-corrected chi connectivity index (χ0v) is 16.9. The summed E-state index contributed by atoms with van der Waals surface area (Å²) in [4.78, 5) is 24.5. The summed E-state index contributed by atoms with van der Waals surface area (Å²) in [7, 11) is 0. The second-order valence-electron chi connectivity index (χ2n) is 7.41. The number of aliphatic hydroxyl groups is 1. The minimum atomic E-state index is -0.755. The van der Waals surface area contributed by atoms with Gasteiger partial charge in [-0.2, -0.15) is 0 Å². The summed E-state index contributed by atoms with van der Waals surface area (Å²) in [6, 6.07) is 9.82. The number of hydrogen-bond donors (Lipinski definition) is 2. The monoisotopic (exact) mass is 397 g/mol. The number of aliphatic carboxylic acids is 1. The summed E-state index contributed by atoms with van der Waals surface area (Å²) in [6.07, 6.45) is 9.27. The minimum absolute atomic E-state index is 0.0478. The van der Waals surface area contributed by atoms with Crippen molar-refractivity contribution in [3.05, 3.63) is 48.0 Å². The lowest BCUT2D eigenvalue weighted by atomic mass is 10.1. The van der Waals surface area contributed by atoms with Gasteiger partial charge in [-0.25, -0.2) is 0 Å². The topological polar surface area (TPSA) is 77.8 Å². The molecule has 2 N–H and O–H groups in total. The number of nitrogens with zero attached hydrogens (tertiary/aromatic N) is 1. The lowest BCUT2D eigenvalue weighted by molar-refractivity contribution is -0.137. The number of aliphatic hydroxyl groups excluding tert-OH is 1. The fourth-order valence-electron chi connectivity index (χ4n) is 3.42. The van der Waals surface area contributed by atoms with Crippen molar-refractivity contribution in [1.29, 1.82) is 0 Å². The molecule has 156 valence electrons. The predicted molar refractivity (Wildman–Crippen MR) is 113 cm³/mol. The van der Waals surface area contributed by atoms with E-state index in [1.807, 2.05) is 41.3 Å². The Morgan fingerprint density at radius 3 is 2.72 bits per heavy atom. The number of likely N-dealkylation sites (tertiary alicyclic amines) is 1. The minimum Gasteiger partial charge on any atom is -0.481 e. The summed E-state index contributed by atoms with van der Waals surface area (Å²) in [6.45, 7) is 0.694. The van der Waals surface area contributed by atoms with Crippen molar-refractivity contribution in [3.63, 3.8) is 0 Å². The average molecular weight is 398 g/mol. The number of rotatable bonds is 11. The fraction of sp³-hybridized carbons (Fsp3) is 0.500. The largest absolute Gasteiger partial charge is 0.481 e. The highest BCUT2D eigenvalue weighted by molar-refractivity contribution is 5.79. The van der Waals surface area contributed by atoms with Crippen molar-refractivity contribution in [2.75, 3.05) is 6.54 Å². The van der Waals surface area contributed by atoms with Crippen LogP contribution >= 0.6 is 0 Å². The van der Waals surface area contributed by atoms with Gasteiger partial charge in [0.1, 0.15) is 0 Å². The molecule has 0 aliphatic carbocycles. The van der Waals surface area contributed by atoms with Crippen molar-refractivity contribution in [2.45, 2.75) is 69.9 Å². The molecule has 2 rings (SSSR count). The number of amides is 1. The number of carboxylic acids is 1. The maximum Gasteiger partial charge on any atom is 0.303 e. The quantitative estimate of drug-likeness (QED) is 0.339. The molecule has 0 spiro atoms. The first kappa shape index (κ1) is 22.7. The highest BCUT2D eigenvalue weighted by atomic mass is 16.4. The van der Waals surface area contributed by atoms with Gasteiger partial charge in [-0.1, -0.05) is 55.0 Å². The molecule has 1 aliphatic heterocycles. The van der Waals surface area contributed by atoms with Crippen molar-refractivity contribution in [1.82, 2.24) is 4.90 Å². The van der Waals surface area contributed by atoms with E-state index in [4.69, 9.17) is 5.11 Å². The standard InChI is InChI=1S/C24H31NO4/c26-22(13-8-7-12-20-10-4-3-5-11-20)17-15-21-16-18-23(27)25(21)19-9-2-1-6-14-24(28)29/h3-5,10-11,15,17,21-22,26H,1-2,6,8-9,13-14,16,18-19H2,(H,28,29). The molecule has 0 radical (unpaired) electrons. The van der Waals surface area contributed by atoms with Gasteiger partial charge in [0.05, 0.1) is 12.1 Å². The Hall–Kier alpha value is -2.58. The number of carboxylic acid groups (broad SMARTS) is 1. The Morgan fingerprint density at radius 2 is 1.97 bits per heavy atom. The third-order valence-electron chi connectivity index (χ3n) is 5.04. The van der Waals surface area contributed by atoms with Gasteiger partial charge < -0.3 is 15.1 Å². The maximum atomic E-state index is 12.1. The fourth-order valence-corrected chi connectivity index (χ4v) is 3.42. The number of carbonyl (C=O) groups is 2. The van der Waals surface area contributed by atoms with E-state index < -0.39 is 12.1 Å². The molecule has 5 heteroatoms. The lowest BCUT2D eigenvalue weighted by Crippen LogP contribution is -2.32. The first-order chi connectivity index (χ1) is 14.1. The van der Waals surface area contributed by atoms with Gasteiger partial charge in [-0.05, 0) is 37.8 Å². The van der Waals surface area contributed by atoms with E-state index in [-0.39, 0.29) is 18.4 Å². The van der Waals surface area contributed by atoms with Crippen LogP contribution in [0.15, 0.2) is 42.5 Å². The molecule has 1 saturated heterocycles. The maximum absolute atomic E-state index is 12.1. The average Bonchev–Trinajstić information content (AvgIpc) is 3.06. The van der Waals surface area contributed by atoms with Crippen LogP contribution in [0.2, 0.25) is 0 Å². The van der Waals surface area contributed by atoms with E-state index in [2.05, 4.69) is 11.8 Å². The first-order valence-electron chi connectivity index (χ1n) is 10.5. The van der Waals surface area contributed by atoms with E-state index in [1.165, 1.54) is 0 Å². The van der Waals surface area contributed by atoms with Crippen LogP contribution in [-0.2, 0) is 9.59 Å². The zero-order chi connectivity index (χ0) is 20.9. The SMILES string of the molecule is O=C(O)CCCCCCN1C(=O)CCC1C=CC(O)CCC#Cc1ccccc1. The highest BCUT2D eigenvalue weighted by Gasteiger charge is 2.28. The molecular weight excluding hydrogens is 366 g/mol. The van der Waals surface area contributed by atoms with Gasteiger partial charge in [0.15, 0.2) is 0 Å². The van der Waals surface area contributed by atoms with Crippen LogP contribution in [0.1, 0.15) is 63.4 Å². The van der Waals surface area contributed by atoms with Gasteiger partial charge in [0, 0.05) is 31.4 Å². The van der Waals surface area contributed by atoms with Crippen molar-refractivity contribution < 1.29 is 19.8 Å². The molecule has 29 heavy (non-hydrogen) atoms. The molecule has 1 aromatic rings. The van der Waals surface area contributed by atoms with E-state index in [0.717, 1.165) is 31.2 Å². The Balaban J connectivity index is 1.69. The Morgan fingerprint density at radius 1 is 1.21 bits per heavy atom. The molecule has 0 aromatic heterocycles. The molecule has 1 aliphatic rings. The van der Waals surface area contributed by atoms with E-state index >= 15 is 0 Å². The highest BCUT2D eigenvalue weighted by Crippen LogP contribution is 2.21. The second-order valence-corrected chi connectivity index (χ2v) is 7.41. The molecular formula is C24H31NO4. The van der Waals surface area contributed by atoms with Crippen LogP contribution in [0.25, 0.3) is 0 Å². The molecule has 1 amide bonds. The Bertz CT molecular complexity index is 732.